The number of rotatable bonds is 7. The van der Waals surface area contributed by atoms with Crippen LogP contribution in [0.2, 0.25) is 0 Å². The van der Waals surface area contributed by atoms with E-state index < -0.39 is 0 Å². The first kappa shape index (κ1) is 20.2. The molecule has 0 spiro atoms. The van der Waals surface area contributed by atoms with E-state index in [1.54, 1.807) is 27.9 Å². The summed E-state index contributed by atoms with van der Waals surface area (Å²) in [5.41, 5.74) is 3.24. The SMILES string of the molecule is C=NC(=O)Cc1ccc2c(ccn2-n2c(C)cnc(NCCc3cccnc3)c2=O)c1. The molecule has 0 aliphatic heterocycles. The molecule has 0 saturated heterocycles. The predicted molar refractivity (Wildman–Crippen MR) is 121 cm³/mol. The van der Waals surface area contributed by atoms with Gasteiger partial charge in [0.25, 0.3) is 0 Å². The van der Waals surface area contributed by atoms with Crippen LogP contribution < -0.4 is 10.9 Å². The van der Waals surface area contributed by atoms with Gasteiger partial charge < -0.3 is 5.32 Å². The van der Waals surface area contributed by atoms with Crippen molar-refractivity contribution in [3.8, 4) is 0 Å². The van der Waals surface area contributed by atoms with Gasteiger partial charge in [-0.15, -0.1) is 0 Å². The fourth-order valence-electron chi connectivity index (χ4n) is 3.48. The minimum Gasteiger partial charge on any atom is -0.365 e. The lowest BCUT2D eigenvalue weighted by atomic mass is 10.1. The van der Waals surface area contributed by atoms with Crippen LogP contribution in [0.15, 0.2) is 71.0 Å². The summed E-state index contributed by atoms with van der Waals surface area (Å²) in [7, 11) is 0. The van der Waals surface area contributed by atoms with E-state index in [1.165, 1.54) is 0 Å². The zero-order valence-corrected chi connectivity index (χ0v) is 17.2. The number of aliphatic imine (C=N–C) groups is 1. The molecule has 4 rings (SSSR count). The largest absolute Gasteiger partial charge is 0.365 e. The van der Waals surface area contributed by atoms with Crippen molar-refractivity contribution >= 4 is 29.3 Å². The maximum absolute atomic E-state index is 13.2. The van der Waals surface area contributed by atoms with Gasteiger partial charge in [0.2, 0.25) is 5.91 Å². The van der Waals surface area contributed by atoms with Gasteiger partial charge >= 0.3 is 5.56 Å². The molecule has 0 bridgehead atoms. The molecule has 3 heterocycles. The zero-order chi connectivity index (χ0) is 21.8. The summed E-state index contributed by atoms with van der Waals surface area (Å²) in [5, 5.41) is 4.06. The van der Waals surface area contributed by atoms with E-state index in [0.29, 0.717) is 12.2 Å². The molecule has 0 fully saturated rings. The van der Waals surface area contributed by atoms with Crippen molar-refractivity contribution in [2.24, 2.45) is 4.99 Å². The summed E-state index contributed by atoms with van der Waals surface area (Å²) in [6, 6.07) is 11.5. The number of aryl methyl sites for hydroxylation is 1. The quantitative estimate of drug-likeness (QED) is 0.469. The number of hydrogen-bond acceptors (Lipinski definition) is 5. The van der Waals surface area contributed by atoms with Crippen LogP contribution in [-0.2, 0) is 17.6 Å². The monoisotopic (exact) mass is 414 g/mol. The Morgan fingerprint density at radius 3 is 2.84 bits per heavy atom. The summed E-state index contributed by atoms with van der Waals surface area (Å²) in [4.78, 5) is 36.5. The highest BCUT2D eigenvalue weighted by Crippen LogP contribution is 2.19. The van der Waals surface area contributed by atoms with E-state index >= 15 is 0 Å². The number of nitrogens with zero attached hydrogens (tertiary/aromatic N) is 5. The van der Waals surface area contributed by atoms with Crippen LogP contribution in [0.25, 0.3) is 10.9 Å². The molecule has 1 amide bonds. The van der Waals surface area contributed by atoms with Gasteiger partial charge in [0.1, 0.15) is 0 Å². The topological polar surface area (TPSA) is 94.2 Å². The maximum atomic E-state index is 13.2. The zero-order valence-electron chi connectivity index (χ0n) is 17.2. The predicted octanol–water partition coefficient (Wildman–Crippen LogP) is 2.64. The molecule has 0 atom stereocenters. The molecule has 8 nitrogen and oxygen atoms in total. The summed E-state index contributed by atoms with van der Waals surface area (Å²) in [6.45, 7) is 5.68. The van der Waals surface area contributed by atoms with Gasteiger partial charge in [-0.3, -0.25) is 19.2 Å². The third kappa shape index (κ3) is 4.28. The number of fused-ring (bicyclic) bond motifs is 1. The van der Waals surface area contributed by atoms with E-state index in [2.05, 4.69) is 27.0 Å². The van der Waals surface area contributed by atoms with Crippen LogP contribution in [0.3, 0.4) is 0 Å². The molecule has 0 saturated carbocycles. The smallest absolute Gasteiger partial charge is 0.312 e. The average molecular weight is 414 g/mol. The molecular formula is C23H22N6O2. The summed E-state index contributed by atoms with van der Waals surface area (Å²) in [6.07, 6.45) is 7.97. The normalized spacial score (nSPS) is 10.9. The number of amides is 1. The van der Waals surface area contributed by atoms with Gasteiger partial charge in [0.05, 0.1) is 23.8 Å². The van der Waals surface area contributed by atoms with Gasteiger partial charge in [-0.2, -0.15) is 0 Å². The molecule has 8 heteroatoms. The molecule has 0 aliphatic carbocycles. The molecule has 0 aliphatic rings. The van der Waals surface area contributed by atoms with Crippen LogP contribution >= 0.6 is 0 Å². The first-order valence-electron chi connectivity index (χ1n) is 9.88. The lowest BCUT2D eigenvalue weighted by Crippen LogP contribution is -2.31. The molecule has 3 aromatic heterocycles. The Hall–Kier alpha value is -4.07. The second-order valence-electron chi connectivity index (χ2n) is 7.19. The van der Waals surface area contributed by atoms with Crippen molar-refractivity contribution in [2.75, 3.05) is 11.9 Å². The van der Waals surface area contributed by atoms with Crippen molar-refractivity contribution in [1.82, 2.24) is 19.3 Å². The van der Waals surface area contributed by atoms with E-state index in [4.69, 9.17) is 0 Å². The van der Waals surface area contributed by atoms with Crippen molar-refractivity contribution in [2.45, 2.75) is 19.8 Å². The van der Waals surface area contributed by atoms with Crippen LogP contribution in [-0.4, -0.2) is 38.5 Å². The lowest BCUT2D eigenvalue weighted by molar-refractivity contribution is -0.117. The third-order valence-corrected chi connectivity index (χ3v) is 5.02. The number of carbonyl (C=O) groups excluding carboxylic acids is 1. The van der Waals surface area contributed by atoms with Crippen LogP contribution in [0, 0.1) is 6.92 Å². The number of hydrogen-bond donors (Lipinski definition) is 1. The second kappa shape index (κ2) is 8.74. The number of anilines is 1. The molecular weight excluding hydrogens is 392 g/mol. The average Bonchev–Trinajstić information content (AvgIpc) is 3.19. The standard InChI is InChI=1S/C23H22N6O2/c1-16-14-27-22(26-10-7-17-4-3-9-25-15-17)23(31)29(16)28-11-8-19-12-18(5-6-20(19)28)13-21(30)24-2/h3-6,8-9,11-12,14-15H,2,7,10,13H2,1H3,(H,26,27). The molecule has 1 N–H and O–H groups in total. The van der Waals surface area contributed by atoms with E-state index in [9.17, 15) is 9.59 Å². The Balaban J connectivity index is 1.62. The lowest BCUT2D eigenvalue weighted by Gasteiger charge is -2.14. The summed E-state index contributed by atoms with van der Waals surface area (Å²) >= 11 is 0. The first-order valence-corrected chi connectivity index (χ1v) is 9.88. The number of aromatic nitrogens is 4. The number of nitrogens with one attached hydrogen (secondary N) is 1. The van der Waals surface area contributed by atoms with Gasteiger partial charge in [-0.05, 0) is 55.5 Å². The Kier molecular flexibility index (Phi) is 5.70. The minimum atomic E-state index is -0.276. The highest BCUT2D eigenvalue weighted by atomic mass is 16.1. The Bertz CT molecular complexity index is 1310. The highest BCUT2D eigenvalue weighted by Gasteiger charge is 2.12. The van der Waals surface area contributed by atoms with Crippen LogP contribution in [0.5, 0.6) is 0 Å². The first-order chi connectivity index (χ1) is 15.1. The van der Waals surface area contributed by atoms with Crippen molar-refractivity contribution in [3.05, 3.63) is 88.4 Å². The maximum Gasteiger partial charge on any atom is 0.312 e. The van der Waals surface area contributed by atoms with Gasteiger partial charge in [-0.25, -0.2) is 14.7 Å². The molecule has 4 aromatic rings. The van der Waals surface area contributed by atoms with E-state index in [0.717, 1.165) is 28.5 Å². The Labute approximate surface area is 178 Å². The van der Waals surface area contributed by atoms with Gasteiger partial charge in [0.15, 0.2) is 5.82 Å². The van der Waals surface area contributed by atoms with Gasteiger partial charge in [-0.1, -0.05) is 12.1 Å². The molecule has 31 heavy (non-hydrogen) atoms. The highest BCUT2D eigenvalue weighted by molar-refractivity contribution is 5.85. The summed E-state index contributed by atoms with van der Waals surface area (Å²) < 4.78 is 3.37. The molecule has 1 aromatic carbocycles. The van der Waals surface area contributed by atoms with Crippen molar-refractivity contribution < 1.29 is 4.79 Å². The fourth-order valence-corrected chi connectivity index (χ4v) is 3.48. The molecule has 0 unspecified atom stereocenters. The number of benzene rings is 1. The van der Waals surface area contributed by atoms with E-state index in [-0.39, 0.29) is 23.7 Å². The molecule has 0 radical (unpaired) electrons. The van der Waals surface area contributed by atoms with Crippen molar-refractivity contribution in [1.29, 1.82) is 0 Å². The fraction of sp³-hybridized carbons (Fsp3) is 0.174. The number of carbonyl (C=O) groups is 1. The third-order valence-electron chi connectivity index (χ3n) is 5.02. The van der Waals surface area contributed by atoms with Crippen LogP contribution in [0.1, 0.15) is 16.8 Å². The minimum absolute atomic E-state index is 0.198. The molecule has 156 valence electrons. The number of pyridine rings is 1. The van der Waals surface area contributed by atoms with Crippen molar-refractivity contribution in [3.63, 3.8) is 0 Å². The second-order valence-corrected chi connectivity index (χ2v) is 7.19. The van der Waals surface area contributed by atoms with Crippen LogP contribution in [0.4, 0.5) is 5.82 Å². The van der Waals surface area contributed by atoms with E-state index in [1.807, 2.05) is 49.5 Å². The Morgan fingerprint density at radius 2 is 2.06 bits per heavy atom. The van der Waals surface area contributed by atoms with Gasteiger partial charge in [0, 0.05) is 30.5 Å². The summed E-state index contributed by atoms with van der Waals surface area (Å²) in [5.74, 6) is 0.0117. The Morgan fingerprint density at radius 1 is 1.19 bits per heavy atom.